The third kappa shape index (κ3) is 6.44. The largest absolute Gasteiger partial charge is 0.490 e. The van der Waals surface area contributed by atoms with Crippen molar-refractivity contribution in [3.63, 3.8) is 0 Å². The van der Waals surface area contributed by atoms with E-state index in [9.17, 15) is 19.7 Å². The summed E-state index contributed by atoms with van der Waals surface area (Å²) >= 11 is 0. The Kier molecular flexibility index (Phi) is 9.00. The van der Waals surface area contributed by atoms with Gasteiger partial charge in [-0.2, -0.15) is 0 Å². The summed E-state index contributed by atoms with van der Waals surface area (Å²) in [5, 5.41) is 13.8. The minimum Gasteiger partial charge on any atom is -0.490 e. The van der Waals surface area contributed by atoms with E-state index in [-0.39, 0.29) is 42.2 Å². The van der Waals surface area contributed by atoms with E-state index in [1.165, 1.54) is 30.2 Å². The normalized spacial score (nSPS) is 11.4. The van der Waals surface area contributed by atoms with Crippen LogP contribution in [0.1, 0.15) is 31.4 Å². The molecule has 0 aliphatic heterocycles. The Morgan fingerprint density at radius 3 is 2.53 bits per heavy atom. The van der Waals surface area contributed by atoms with Gasteiger partial charge in [-0.05, 0) is 31.9 Å². The van der Waals surface area contributed by atoms with E-state index in [1.54, 1.807) is 0 Å². The number of carbonyl (C=O) groups is 2. The van der Waals surface area contributed by atoms with E-state index in [0.717, 1.165) is 11.1 Å². The summed E-state index contributed by atoms with van der Waals surface area (Å²) < 4.78 is 10.6. The van der Waals surface area contributed by atoms with Crippen molar-refractivity contribution in [2.45, 2.75) is 39.8 Å². The Labute approximate surface area is 187 Å². The quantitative estimate of drug-likeness (QED) is 0.422. The van der Waals surface area contributed by atoms with Crippen molar-refractivity contribution in [2.75, 3.05) is 20.3 Å². The number of amides is 2. The van der Waals surface area contributed by atoms with Crippen LogP contribution in [0.4, 0.5) is 5.69 Å². The first-order chi connectivity index (χ1) is 15.3. The summed E-state index contributed by atoms with van der Waals surface area (Å²) in [5.41, 5.74) is 1.75. The summed E-state index contributed by atoms with van der Waals surface area (Å²) in [6.07, 6.45) is 0.439. The number of hydrogen-bond acceptors (Lipinski definition) is 6. The zero-order valence-electron chi connectivity index (χ0n) is 18.8. The lowest BCUT2D eigenvalue weighted by molar-refractivity contribution is -0.385. The molecule has 1 N–H and O–H groups in total. The van der Waals surface area contributed by atoms with Gasteiger partial charge < -0.3 is 19.7 Å². The molecule has 172 valence electrons. The zero-order valence-corrected chi connectivity index (χ0v) is 18.8. The first kappa shape index (κ1) is 24.6. The number of benzene rings is 2. The second-order valence-electron chi connectivity index (χ2n) is 7.21. The van der Waals surface area contributed by atoms with Crippen molar-refractivity contribution in [1.29, 1.82) is 0 Å². The van der Waals surface area contributed by atoms with Gasteiger partial charge in [-0.25, -0.2) is 0 Å². The van der Waals surface area contributed by atoms with Crippen molar-refractivity contribution in [3.05, 3.63) is 63.7 Å². The Bertz CT molecular complexity index is 962. The maximum atomic E-state index is 13.1. The standard InChI is InChI=1S/C23H29N3O6/c1-5-19(23(28)24-6-2)25(14-17-9-7-8-16(3)12-17)22(27)15-32-18-10-11-20(26(29)30)21(13-18)31-4/h7-13,19H,5-6,14-15H2,1-4H3,(H,24,28)/t19-/m0/s1. The lowest BCUT2D eigenvalue weighted by Crippen LogP contribution is -2.50. The predicted octanol–water partition coefficient (Wildman–Crippen LogP) is 3.23. The average molecular weight is 444 g/mol. The number of nitro benzene ring substituents is 1. The Morgan fingerprint density at radius 1 is 1.19 bits per heavy atom. The van der Waals surface area contributed by atoms with Gasteiger partial charge in [0.25, 0.3) is 5.91 Å². The molecule has 2 rings (SSSR count). The van der Waals surface area contributed by atoms with Crippen molar-refractivity contribution in [2.24, 2.45) is 0 Å². The number of nitrogens with one attached hydrogen (secondary N) is 1. The maximum Gasteiger partial charge on any atom is 0.311 e. The molecule has 2 aromatic carbocycles. The number of nitro groups is 1. The molecule has 0 aliphatic carbocycles. The molecule has 0 bridgehead atoms. The van der Waals surface area contributed by atoms with E-state index in [2.05, 4.69) is 5.32 Å². The van der Waals surface area contributed by atoms with Gasteiger partial charge in [-0.1, -0.05) is 36.8 Å². The van der Waals surface area contributed by atoms with Gasteiger partial charge in [-0.3, -0.25) is 19.7 Å². The van der Waals surface area contributed by atoms with Crippen LogP contribution >= 0.6 is 0 Å². The lowest BCUT2D eigenvalue weighted by Gasteiger charge is -2.30. The number of hydrogen-bond donors (Lipinski definition) is 1. The van der Waals surface area contributed by atoms with Crippen molar-refractivity contribution < 1.29 is 24.0 Å². The fraction of sp³-hybridized carbons (Fsp3) is 0.391. The first-order valence-electron chi connectivity index (χ1n) is 10.4. The number of ether oxygens (including phenoxy) is 2. The number of rotatable bonds is 11. The number of likely N-dealkylation sites (N-methyl/N-ethyl adjacent to an activating group) is 1. The second kappa shape index (κ2) is 11.7. The molecule has 0 heterocycles. The van der Waals surface area contributed by atoms with Crippen LogP contribution in [0.25, 0.3) is 0 Å². The molecule has 32 heavy (non-hydrogen) atoms. The van der Waals surface area contributed by atoms with Gasteiger partial charge in [0, 0.05) is 25.2 Å². The van der Waals surface area contributed by atoms with Crippen molar-refractivity contribution >= 4 is 17.5 Å². The molecule has 2 amide bonds. The molecule has 9 nitrogen and oxygen atoms in total. The highest BCUT2D eigenvalue weighted by molar-refractivity contribution is 5.88. The Morgan fingerprint density at radius 2 is 1.94 bits per heavy atom. The van der Waals surface area contributed by atoms with Gasteiger partial charge in [0.05, 0.1) is 12.0 Å². The number of methoxy groups -OCH3 is 1. The number of carbonyl (C=O) groups excluding carboxylic acids is 2. The van der Waals surface area contributed by atoms with Crippen LogP contribution in [0.2, 0.25) is 0 Å². The molecule has 0 unspecified atom stereocenters. The molecular weight excluding hydrogens is 414 g/mol. The molecule has 0 radical (unpaired) electrons. The number of nitrogens with zero attached hydrogens (tertiary/aromatic N) is 2. The van der Waals surface area contributed by atoms with Crippen LogP contribution in [0.15, 0.2) is 42.5 Å². The topological polar surface area (TPSA) is 111 Å². The van der Waals surface area contributed by atoms with E-state index in [1.807, 2.05) is 45.0 Å². The molecule has 0 saturated heterocycles. The van der Waals surface area contributed by atoms with Crippen molar-refractivity contribution in [1.82, 2.24) is 10.2 Å². The smallest absolute Gasteiger partial charge is 0.311 e. The van der Waals surface area contributed by atoms with Gasteiger partial charge in [0.2, 0.25) is 11.7 Å². The molecule has 1 atom stereocenters. The highest BCUT2D eigenvalue weighted by Gasteiger charge is 2.29. The van der Waals surface area contributed by atoms with E-state index in [0.29, 0.717) is 13.0 Å². The molecule has 0 spiro atoms. The third-order valence-corrected chi connectivity index (χ3v) is 4.88. The van der Waals surface area contributed by atoms with Gasteiger partial charge in [0.1, 0.15) is 11.8 Å². The monoisotopic (exact) mass is 443 g/mol. The minimum atomic E-state index is -0.655. The Hall–Kier alpha value is -3.62. The van der Waals surface area contributed by atoms with Crippen LogP contribution < -0.4 is 14.8 Å². The molecule has 9 heteroatoms. The van der Waals surface area contributed by atoms with Gasteiger partial charge in [0.15, 0.2) is 6.61 Å². The average Bonchev–Trinajstić information content (AvgIpc) is 2.77. The minimum absolute atomic E-state index is 0.0327. The van der Waals surface area contributed by atoms with Gasteiger partial charge >= 0.3 is 5.69 Å². The van der Waals surface area contributed by atoms with E-state index >= 15 is 0 Å². The van der Waals surface area contributed by atoms with Crippen LogP contribution in [0.5, 0.6) is 11.5 Å². The maximum absolute atomic E-state index is 13.1. The molecule has 0 fully saturated rings. The number of aryl methyl sites for hydroxylation is 1. The SMILES string of the molecule is CCNC(=O)[C@H](CC)N(Cc1cccc(C)c1)C(=O)COc1ccc([N+](=O)[O-])c(OC)c1. The molecule has 0 aromatic heterocycles. The third-order valence-electron chi connectivity index (χ3n) is 4.88. The summed E-state index contributed by atoms with van der Waals surface area (Å²) in [5.74, 6) is -0.317. The highest BCUT2D eigenvalue weighted by Crippen LogP contribution is 2.30. The van der Waals surface area contributed by atoms with Crippen molar-refractivity contribution in [3.8, 4) is 11.5 Å². The molecule has 2 aromatic rings. The lowest BCUT2D eigenvalue weighted by atomic mass is 10.1. The molecular formula is C23H29N3O6. The van der Waals surface area contributed by atoms with Crippen LogP contribution in [0, 0.1) is 17.0 Å². The van der Waals surface area contributed by atoms with Crippen LogP contribution in [0.3, 0.4) is 0 Å². The predicted molar refractivity (Wildman–Crippen MR) is 120 cm³/mol. The molecule has 0 aliphatic rings. The van der Waals surface area contributed by atoms with Crippen LogP contribution in [-0.4, -0.2) is 47.9 Å². The Balaban J connectivity index is 2.23. The van der Waals surface area contributed by atoms with E-state index < -0.39 is 11.0 Å². The zero-order chi connectivity index (χ0) is 23.7. The first-order valence-corrected chi connectivity index (χ1v) is 10.4. The highest BCUT2D eigenvalue weighted by atomic mass is 16.6. The summed E-state index contributed by atoms with van der Waals surface area (Å²) in [6.45, 7) is 6.01. The summed E-state index contributed by atoms with van der Waals surface area (Å²) in [7, 11) is 1.32. The summed E-state index contributed by atoms with van der Waals surface area (Å²) in [4.78, 5) is 37.7. The summed E-state index contributed by atoms with van der Waals surface area (Å²) in [6, 6.07) is 11.1. The second-order valence-corrected chi connectivity index (χ2v) is 7.21. The fourth-order valence-electron chi connectivity index (χ4n) is 3.35. The van der Waals surface area contributed by atoms with E-state index in [4.69, 9.17) is 9.47 Å². The van der Waals surface area contributed by atoms with Gasteiger partial charge in [-0.15, -0.1) is 0 Å². The van der Waals surface area contributed by atoms with Crippen LogP contribution in [-0.2, 0) is 16.1 Å². The molecule has 0 saturated carbocycles. The fourth-order valence-corrected chi connectivity index (χ4v) is 3.35.